The molecule has 86 valence electrons. The van der Waals surface area contributed by atoms with Gasteiger partial charge in [0.25, 0.3) is 0 Å². The molecule has 1 N–H and O–H groups in total. The van der Waals surface area contributed by atoms with Gasteiger partial charge in [-0.25, -0.2) is 9.18 Å². The fraction of sp³-hybridized carbons (Fsp3) is 0.417. The third kappa shape index (κ3) is 2.01. The van der Waals surface area contributed by atoms with Crippen LogP contribution in [-0.4, -0.2) is 24.0 Å². The first-order chi connectivity index (χ1) is 7.70. The van der Waals surface area contributed by atoms with Gasteiger partial charge in [-0.15, -0.1) is 0 Å². The third-order valence-electron chi connectivity index (χ3n) is 2.94. The number of hydrogen-bond acceptors (Lipinski definition) is 1. The van der Waals surface area contributed by atoms with Crippen molar-refractivity contribution in [2.24, 2.45) is 0 Å². The summed E-state index contributed by atoms with van der Waals surface area (Å²) in [5.74, 6) is -0.256. The van der Waals surface area contributed by atoms with Crippen molar-refractivity contribution in [3.63, 3.8) is 0 Å². The summed E-state index contributed by atoms with van der Waals surface area (Å²) in [6.07, 6.45) is 0.907. The molecule has 0 bridgehead atoms. The van der Waals surface area contributed by atoms with Crippen LogP contribution < -0.4 is 5.32 Å². The fourth-order valence-corrected chi connectivity index (χ4v) is 2.00. The first-order valence-corrected chi connectivity index (χ1v) is 5.49. The summed E-state index contributed by atoms with van der Waals surface area (Å²) < 4.78 is 13.6. The Bertz CT molecular complexity index is 394. The Balaban J connectivity index is 2.21. The van der Waals surface area contributed by atoms with Crippen molar-refractivity contribution in [2.45, 2.75) is 19.4 Å². The number of carbonyl (C=O) groups excluding carboxylic acids is 1. The van der Waals surface area contributed by atoms with Gasteiger partial charge in [-0.3, -0.25) is 0 Å². The van der Waals surface area contributed by atoms with E-state index in [1.807, 2.05) is 6.92 Å². The number of amides is 2. The second-order valence-electron chi connectivity index (χ2n) is 3.98. The molecule has 0 saturated carbocycles. The van der Waals surface area contributed by atoms with Crippen LogP contribution in [0.3, 0.4) is 0 Å². The Kier molecular flexibility index (Phi) is 3.08. The molecule has 1 aliphatic heterocycles. The number of hydrogen-bond donors (Lipinski definition) is 1. The summed E-state index contributed by atoms with van der Waals surface area (Å²) in [4.78, 5) is 13.3. The molecule has 1 aliphatic rings. The molecule has 1 fully saturated rings. The van der Waals surface area contributed by atoms with E-state index >= 15 is 0 Å². The van der Waals surface area contributed by atoms with E-state index in [-0.39, 0.29) is 17.9 Å². The highest BCUT2D eigenvalue weighted by molar-refractivity contribution is 5.75. The smallest absolute Gasteiger partial charge is 0.317 e. The van der Waals surface area contributed by atoms with Crippen LogP contribution >= 0.6 is 0 Å². The average molecular weight is 222 g/mol. The Morgan fingerprint density at radius 2 is 2.19 bits per heavy atom. The van der Waals surface area contributed by atoms with Gasteiger partial charge in [0.1, 0.15) is 5.82 Å². The second kappa shape index (κ2) is 4.51. The van der Waals surface area contributed by atoms with Crippen LogP contribution in [0.2, 0.25) is 0 Å². The van der Waals surface area contributed by atoms with Crippen molar-refractivity contribution in [1.82, 2.24) is 10.2 Å². The molecule has 2 amide bonds. The molecule has 1 aromatic carbocycles. The van der Waals surface area contributed by atoms with Crippen LogP contribution in [0.4, 0.5) is 9.18 Å². The van der Waals surface area contributed by atoms with Crippen molar-refractivity contribution >= 4 is 6.03 Å². The van der Waals surface area contributed by atoms with E-state index in [9.17, 15) is 9.18 Å². The Morgan fingerprint density at radius 1 is 1.44 bits per heavy atom. The van der Waals surface area contributed by atoms with Crippen molar-refractivity contribution in [2.75, 3.05) is 13.1 Å². The number of benzene rings is 1. The maximum atomic E-state index is 13.6. The second-order valence-corrected chi connectivity index (χ2v) is 3.98. The highest BCUT2D eigenvalue weighted by Crippen LogP contribution is 2.23. The van der Waals surface area contributed by atoms with E-state index in [4.69, 9.17) is 0 Å². The van der Waals surface area contributed by atoms with E-state index in [0.717, 1.165) is 6.42 Å². The Morgan fingerprint density at radius 3 is 2.88 bits per heavy atom. The van der Waals surface area contributed by atoms with E-state index < -0.39 is 0 Å². The van der Waals surface area contributed by atoms with Gasteiger partial charge in [0.2, 0.25) is 0 Å². The minimum atomic E-state index is -0.256. The number of nitrogens with one attached hydrogen (secondary N) is 1. The van der Waals surface area contributed by atoms with E-state index in [1.54, 1.807) is 23.1 Å². The molecule has 1 aromatic rings. The van der Waals surface area contributed by atoms with E-state index in [1.165, 1.54) is 6.07 Å². The Labute approximate surface area is 94.3 Å². The van der Waals surface area contributed by atoms with E-state index in [2.05, 4.69) is 5.32 Å². The zero-order valence-electron chi connectivity index (χ0n) is 9.24. The fourth-order valence-electron chi connectivity index (χ4n) is 2.00. The first-order valence-electron chi connectivity index (χ1n) is 5.49. The molecule has 1 saturated heterocycles. The van der Waals surface area contributed by atoms with Crippen molar-refractivity contribution in [1.29, 1.82) is 0 Å². The third-order valence-corrected chi connectivity index (χ3v) is 2.94. The highest BCUT2D eigenvalue weighted by Gasteiger charge is 2.25. The van der Waals surface area contributed by atoms with Gasteiger partial charge >= 0.3 is 6.03 Å². The van der Waals surface area contributed by atoms with Gasteiger partial charge in [-0.1, -0.05) is 18.2 Å². The SMILES string of the molecule is CC(c1ccccc1F)N1CCCNC1=O. The lowest BCUT2D eigenvalue weighted by molar-refractivity contribution is 0.165. The molecular formula is C12H15FN2O. The van der Waals surface area contributed by atoms with Crippen LogP contribution in [0, 0.1) is 5.82 Å². The number of rotatable bonds is 2. The number of carbonyl (C=O) groups is 1. The highest BCUT2D eigenvalue weighted by atomic mass is 19.1. The van der Waals surface area contributed by atoms with Crippen LogP contribution in [0.1, 0.15) is 24.9 Å². The predicted molar refractivity (Wildman–Crippen MR) is 59.5 cm³/mol. The number of nitrogens with zero attached hydrogens (tertiary/aromatic N) is 1. The summed E-state index contributed by atoms with van der Waals surface area (Å²) in [7, 11) is 0. The summed E-state index contributed by atoms with van der Waals surface area (Å²) in [5, 5.41) is 2.77. The number of halogens is 1. The molecule has 0 aromatic heterocycles. The van der Waals surface area contributed by atoms with Gasteiger partial charge in [0, 0.05) is 18.7 Å². The minimum absolute atomic E-state index is 0.109. The van der Waals surface area contributed by atoms with Crippen molar-refractivity contribution in [3.8, 4) is 0 Å². The predicted octanol–water partition coefficient (Wildman–Crippen LogP) is 2.30. The minimum Gasteiger partial charge on any atom is -0.338 e. The van der Waals surface area contributed by atoms with Crippen molar-refractivity contribution in [3.05, 3.63) is 35.6 Å². The number of urea groups is 1. The molecule has 0 aliphatic carbocycles. The molecule has 4 heteroatoms. The summed E-state index contributed by atoms with van der Waals surface area (Å²) >= 11 is 0. The zero-order valence-corrected chi connectivity index (χ0v) is 9.24. The Hall–Kier alpha value is -1.58. The summed E-state index contributed by atoms with van der Waals surface area (Å²) in [6, 6.07) is 6.26. The quantitative estimate of drug-likeness (QED) is 0.818. The molecule has 1 unspecified atom stereocenters. The zero-order chi connectivity index (χ0) is 11.5. The maximum absolute atomic E-state index is 13.6. The van der Waals surface area contributed by atoms with Crippen LogP contribution in [0.25, 0.3) is 0 Å². The molecule has 3 nitrogen and oxygen atoms in total. The van der Waals surface area contributed by atoms with E-state index in [0.29, 0.717) is 18.7 Å². The van der Waals surface area contributed by atoms with Gasteiger partial charge in [-0.2, -0.15) is 0 Å². The molecular weight excluding hydrogens is 207 g/mol. The largest absolute Gasteiger partial charge is 0.338 e. The lowest BCUT2D eigenvalue weighted by Crippen LogP contribution is -2.47. The van der Waals surface area contributed by atoms with Crippen LogP contribution in [0.5, 0.6) is 0 Å². The molecule has 0 radical (unpaired) electrons. The summed E-state index contributed by atoms with van der Waals surface area (Å²) in [6.45, 7) is 3.24. The van der Waals surface area contributed by atoms with Crippen LogP contribution in [-0.2, 0) is 0 Å². The van der Waals surface area contributed by atoms with Gasteiger partial charge in [0.15, 0.2) is 0 Å². The monoisotopic (exact) mass is 222 g/mol. The first kappa shape index (κ1) is 10.9. The molecule has 16 heavy (non-hydrogen) atoms. The van der Waals surface area contributed by atoms with Gasteiger partial charge < -0.3 is 10.2 Å². The standard InChI is InChI=1S/C12H15FN2O/c1-9(10-5-2-3-6-11(10)13)15-8-4-7-14-12(15)16/h2-3,5-6,9H,4,7-8H2,1H3,(H,14,16). The molecule has 1 atom stereocenters. The topological polar surface area (TPSA) is 32.3 Å². The maximum Gasteiger partial charge on any atom is 0.317 e. The lowest BCUT2D eigenvalue weighted by atomic mass is 10.1. The van der Waals surface area contributed by atoms with Crippen molar-refractivity contribution < 1.29 is 9.18 Å². The normalized spacial score (nSPS) is 18.1. The van der Waals surface area contributed by atoms with Crippen LogP contribution in [0.15, 0.2) is 24.3 Å². The van der Waals surface area contributed by atoms with Gasteiger partial charge in [0.05, 0.1) is 6.04 Å². The molecule has 1 heterocycles. The van der Waals surface area contributed by atoms with Gasteiger partial charge in [-0.05, 0) is 19.4 Å². The lowest BCUT2D eigenvalue weighted by Gasteiger charge is -2.33. The molecule has 2 rings (SSSR count). The molecule has 0 spiro atoms. The summed E-state index contributed by atoms with van der Waals surface area (Å²) in [5.41, 5.74) is 0.569. The average Bonchev–Trinajstić information content (AvgIpc) is 2.29.